The molecule has 0 atom stereocenters. The second-order valence-electron chi connectivity index (χ2n) is 7.80. The first-order valence-electron chi connectivity index (χ1n) is 10.7. The Hall–Kier alpha value is -3.31. The lowest BCUT2D eigenvalue weighted by Gasteiger charge is -2.13. The zero-order valence-corrected chi connectivity index (χ0v) is 21.3. The van der Waals surface area contributed by atoms with E-state index in [2.05, 4.69) is 0 Å². The summed E-state index contributed by atoms with van der Waals surface area (Å²) in [5.41, 5.74) is 1.38. The van der Waals surface area contributed by atoms with Crippen molar-refractivity contribution in [2.24, 2.45) is 0 Å². The molecule has 0 unspecified atom stereocenters. The van der Waals surface area contributed by atoms with Gasteiger partial charge in [0, 0.05) is 0 Å². The minimum atomic E-state index is -4.10. The topological polar surface area (TPSA) is 116 Å². The van der Waals surface area contributed by atoms with Crippen LogP contribution in [0.2, 0.25) is 0 Å². The molecule has 1 saturated heterocycles. The molecule has 1 heterocycles. The molecule has 2 aromatic rings. The van der Waals surface area contributed by atoms with Crippen LogP contribution in [0.3, 0.4) is 0 Å². The van der Waals surface area contributed by atoms with Gasteiger partial charge in [-0.15, -0.1) is 0 Å². The van der Waals surface area contributed by atoms with Gasteiger partial charge in [0.15, 0.2) is 11.5 Å². The Labute approximate surface area is 208 Å². The van der Waals surface area contributed by atoms with Crippen molar-refractivity contribution < 1.29 is 36.5 Å². The molecular formula is C24H25NO8S2. The maximum atomic E-state index is 12.7. The van der Waals surface area contributed by atoms with Crippen LogP contribution in [-0.4, -0.2) is 49.7 Å². The largest absolute Gasteiger partial charge is 0.490 e. The second kappa shape index (κ2) is 11.0. The number of thioether (sulfide) groups is 1. The van der Waals surface area contributed by atoms with Crippen molar-refractivity contribution in [2.75, 3.05) is 13.2 Å². The van der Waals surface area contributed by atoms with Crippen LogP contribution in [0.4, 0.5) is 4.79 Å². The summed E-state index contributed by atoms with van der Waals surface area (Å²) in [5.74, 6) is -1.18. The zero-order chi connectivity index (χ0) is 25.8. The SMILES string of the molecule is CCOc1cc(/C=C2\SC(=O)N(CC(=O)OC(C)C)C2=O)ccc1OS(=O)(=O)c1ccc(C)cc1. The van der Waals surface area contributed by atoms with Crippen LogP contribution in [0.1, 0.15) is 31.9 Å². The summed E-state index contributed by atoms with van der Waals surface area (Å²) in [4.78, 5) is 37.7. The van der Waals surface area contributed by atoms with Gasteiger partial charge in [0.05, 0.1) is 17.6 Å². The molecule has 2 amide bonds. The van der Waals surface area contributed by atoms with E-state index in [4.69, 9.17) is 13.7 Å². The lowest BCUT2D eigenvalue weighted by molar-refractivity contribution is -0.149. The molecule has 1 aliphatic rings. The number of aryl methyl sites for hydroxylation is 1. The van der Waals surface area contributed by atoms with Crippen molar-refractivity contribution in [1.82, 2.24) is 4.90 Å². The number of amides is 2. The number of benzene rings is 2. The van der Waals surface area contributed by atoms with E-state index in [9.17, 15) is 22.8 Å². The summed E-state index contributed by atoms with van der Waals surface area (Å²) in [6.07, 6.45) is 1.09. The summed E-state index contributed by atoms with van der Waals surface area (Å²) in [7, 11) is -4.10. The monoisotopic (exact) mass is 519 g/mol. The lowest BCUT2D eigenvalue weighted by Crippen LogP contribution is -2.35. The molecule has 35 heavy (non-hydrogen) atoms. The van der Waals surface area contributed by atoms with E-state index in [1.165, 1.54) is 36.4 Å². The van der Waals surface area contributed by atoms with Crippen molar-refractivity contribution in [3.8, 4) is 11.5 Å². The number of carbonyl (C=O) groups excluding carboxylic acids is 3. The van der Waals surface area contributed by atoms with Gasteiger partial charge >= 0.3 is 16.1 Å². The Kier molecular flexibility index (Phi) is 8.23. The molecular weight excluding hydrogens is 494 g/mol. The number of hydrogen-bond acceptors (Lipinski definition) is 9. The fraction of sp³-hybridized carbons (Fsp3) is 0.292. The molecule has 0 spiro atoms. The van der Waals surface area contributed by atoms with Gasteiger partial charge in [0.25, 0.3) is 11.1 Å². The van der Waals surface area contributed by atoms with E-state index in [0.29, 0.717) is 17.3 Å². The first kappa shape index (κ1) is 26.3. The molecule has 186 valence electrons. The van der Waals surface area contributed by atoms with Crippen LogP contribution >= 0.6 is 11.8 Å². The third-order valence-electron chi connectivity index (χ3n) is 4.60. The Morgan fingerprint density at radius 1 is 1.09 bits per heavy atom. The molecule has 0 bridgehead atoms. The van der Waals surface area contributed by atoms with Gasteiger partial charge in [-0.1, -0.05) is 23.8 Å². The summed E-state index contributed by atoms with van der Waals surface area (Å²) >= 11 is 0.692. The molecule has 3 rings (SSSR count). The van der Waals surface area contributed by atoms with Gasteiger partial charge in [-0.3, -0.25) is 19.3 Å². The highest BCUT2D eigenvalue weighted by Crippen LogP contribution is 2.35. The molecule has 11 heteroatoms. The third kappa shape index (κ3) is 6.64. The number of carbonyl (C=O) groups is 3. The molecule has 0 aliphatic carbocycles. The van der Waals surface area contributed by atoms with Gasteiger partial charge < -0.3 is 13.7 Å². The lowest BCUT2D eigenvalue weighted by atomic mass is 10.2. The van der Waals surface area contributed by atoms with Gasteiger partial charge in [-0.2, -0.15) is 8.42 Å². The maximum absolute atomic E-state index is 12.7. The molecule has 1 aliphatic heterocycles. The average molecular weight is 520 g/mol. The summed E-state index contributed by atoms with van der Waals surface area (Å²) in [6, 6.07) is 10.7. The molecule has 0 radical (unpaired) electrons. The van der Waals surface area contributed by atoms with Crippen LogP contribution in [-0.2, 0) is 24.4 Å². The summed E-state index contributed by atoms with van der Waals surface area (Å²) in [6.45, 7) is 6.66. The summed E-state index contributed by atoms with van der Waals surface area (Å²) in [5, 5.41) is -0.587. The Balaban J connectivity index is 1.83. The van der Waals surface area contributed by atoms with Crippen molar-refractivity contribution in [1.29, 1.82) is 0 Å². The van der Waals surface area contributed by atoms with Gasteiger partial charge in [-0.05, 0) is 75.4 Å². The molecule has 0 saturated carbocycles. The normalized spacial score (nSPS) is 15.1. The number of nitrogens with zero attached hydrogens (tertiary/aromatic N) is 1. The van der Waals surface area contributed by atoms with Crippen LogP contribution in [0.15, 0.2) is 52.3 Å². The van der Waals surface area contributed by atoms with Crippen LogP contribution in [0, 0.1) is 6.92 Å². The molecule has 1 fully saturated rings. The molecule has 0 N–H and O–H groups in total. The number of esters is 1. The van der Waals surface area contributed by atoms with Crippen molar-refractivity contribution in [3.63, 3.8) is 0 Å². The van der Waals surface area contributed by atoms with Crippen molar-refractivity contribution in [2.45, 2.75) is 38.7 Å². The number of rotatable bonds is 9. The van der Waals surface area contributed by atoms with Crippen LogP contribution in [0.5, 0.6) is 11.5 Å². The fourth-order valence-electron chi connectivity index (χ4n) is 3.04. The van der Waals surface area contributed by atoms with Gasteiger partial charge in [-0.25, -0.2) is 0 Å². The van der Waals surface area contributed by atoms with E-state index in [1.807, 2.05) is 6.92 Å². The summed E-state index contributed by atoms with van der Waals surface area (Å²) < 4.78 is 41.2. The Bertz CT molecular complexity index is 1270. The highest BCUT2D eigenvalue weighted by molar-refractivity contribution is 8.18. The van der Waals surface area contributed by atoms with E-state index in [-0.39, 0.29) is 34.0 Å². The third-order valence-corrected chi connectivity index (χ3v) is 6.76. The van der Waals surface area contributed by atoms with Gasteiger partial charge in [0.1, 0.15) is 11.4 Å². The molecule has 0 aromatic heterocycles. The number of imide groups is 1. The minimum absolute atomic E-state index is 0.000655. The number of ether oxygens (including phenoxy) is 2. The smallest absolute Gasteiger partial charge is 0.339 e. The first-order chi connectivity index (χ1) is 16.5. The minimum Gasteiger partial charge on any atom is -0.490 e. The standard InChI is InChI=1S/C24H25NO8S2/c1-5-31-20-12-17(8-11-19(20)33-35(29,30)18-9-6-16(4)7-10-18)13-21-23(27)25(24(28)34-21)14-22(26)32-15(2)3/h6-13,15H,5,14H2,1-4H3/b21-13-. The quantitative estimate of drug-likeness (QED) is 0.274. The van der Waals surface area contributed by atoms with E-state index in [0.717, 1.165) is 10.5 Å². The predicted octanol–water partition coefficient (Wildman–Crippen LogP) is 4.15. The van der Waals surface area contributed by atoms with Gasteiger partial charge in [0.2, 0.25) is 0 Å². The van der Waals surface area contributed by atoms with Crippen molar-refractivity contribution >= 4 is 45.1 Å². The predicted molar refractivity (Wildman–Crippen MR) is 131 cm³/mol. The van der Waals surface area contributed by atoms with Crippen LogP contribution in [0.25, 0.3) is 6.08 Å². The van der Waals surface area contributed by atoms with E-state index in [1.54, 1.807) is 32.9 Å². The van der Waals surface area contributed by atoms with E-state index >= 15 is 0 Å². The Morgan fingerprint density at radius 3 is 2.40 bits per heavy atom. The zero-order valence-electron chi connectivity index (χ0n) is 19.6. The highest BCUT2D eigenvalue weighted by atomic mass is 32.2. The number of hydrogen-bond donors (Lipinski definition) is 0. The highest BCUT2D eigenvalue weighted by Gasteiger charge is 2.36. The van der Waals surface area contributed by atoms with Crippen LogP contribution < -0.4 is 8.92 Å². The maximum Gasteiger partial charge on any atom is 0.339 e. The Morgan fingerprint density at radius 2 is 1.77 bits per heavy atom. The second-order valence-corrected chi connectivity index (χ2v) is 10.3. The fourth-order valence-corrected chi connectivity index (χ4v) is 4.82. The van der Waals surface area contributed by atoms with E-state index < -0.39 is 33.8 Å². The first-order valence-corrected chi connectivity index (χ1v) is 13.0. The average Bonchev–Trinajstić information content (AvgIpc) is 3.02. The molecule has 2 aromatic carbocycles. The molecule has 9 nitrogen and oxygen atoms in total. The van der Waals surface area contributed by atoms with Crippen molar-refractivity contribution in [3.05, 3.63) is 58.5 Å².